The third kappa shape index (κ3) is 4.84. The van der Waals surface area contributed by atoms with Crippen molar-refractivity contribution in [1.82, 2.24) is 9.21 Å². The molecule has 1 aromatic rings. The van der Waals surface area contributed by atoms with Crippen LogP contribution >= 0.6 is 0 Å². The van der Waals surface area contributed by atoms with E-state index in [0.717, 1.165) is 38.8 Å². The summed E-state index contributed by atoms with van der Waals surface area (Å²) in [6, 6.07) is 6.53. The van der Waals surface area contributed by atoms with Crippen molar-refractivity contribution in [1.29, 1.82) is 0 Å². The molecule has 2 fully saturated rings. The van der Waals surface area contributed by atoms with Gasteiger partial charge in [-0.05, 0) is 69.0 Å². The number of carbonyl (C=O) groups is 1. The minimum atomic E-state index is -3.45. The average molecular weight is 380 g/mol. The molecule has 2 heterocycles. The summed E-state index contributed by atoms with van der Waals surface area (Å²) < 4.78 is 27.1. The van der Waals surface area contributed by atoms with Crippen molar-refractivity contribution in [2.24, 2.45) is 5.92 Å². The van der Waals surface area contributed by atoms with Crippen LogP contribution in [0.25, 0.3) is 0 Å². The fraction of sp³-hybridized carbons (Fsp3) is 0.632. The number of nitrogens with zero attached hydrogens (tertiary/aromatic N) is 2. The van der Waals surface area contributed by atoms with Gasteiger partial charge in [-0.3, -0.25) is 9.69 Å². The standard InChI is InChI=1S/C19H29N3O3S/c1-16-6-5-13-22(14-16)26(24,25)18-9-7-17(8-10-18)20-19(23)15-21-11-3-2-4-12-21/h7-10,16H,2-6,11-15H2,1H3,(H,20,23)/t16-/m0/s1. The molecule has 3 rings (SSSR count). The third-order valence-electron chi connectivity index (χ3n) is 5.21. The molecule has 0 aromatic heterocycles. The van der Waals surface area contributed by atoms with Crippen molar-refractivity contribution in [3.63, 3.8) is 0 Å². The molecule has 7 heteroatoms. The average Bonchev–Trinajstić information content (AvgIpc) is 2.63. The van der Waals surface area contributed by atoms with Gasteiger partial charge in [0.05, 0.1) is 11.4 Å². The van der Waals surface area contributed by atoms with Crippen LogP contribution in [0.2, 0.25) is 0 Å². The van der Waals surface area contributed by atoms with Gasteiger partial charge in [0.1, 0.15) is 0 Å². The van der Waals surface area contributed by atoms with Gasteiger partial charge in [0.25, 0.3) is 0 Å². The van der Waals surface area contributed by atoms with E-state index in [4.69, 9.17) is 0 Å². The lowest BCUT2D eigenvalue weighted by Gasteiger charge is -2.30. The molecular weight excluding hydrogens is 350 g/mol. The Hall–Kier alpha value is -1.44. The molecule has 2 saturated heterocycles. The molecule has 0 unspecified atom stereocenters. The fourth-order valence-electron chi connectivity index (χ4n) is 3.75. The van der Waals surface area contributed by atoms with Crippen LogP contribution in [-0.4, -0.2) is 56.3 Å². The van der Waals surface area contributed by atoms with Gasteiger partial charge in [-0.2, -0.15) is 4.31 Å². The number of anilines is 1. The quantitative estimate of drug-likeness (QED) is 0.853. The van der Waals surface area contributed by atoms with Gasteiger partial charge < -0.3 is 5.32 Å². The molecule has 0 spiro atoms. The Balaban J connectivity index is 1.59. The van der Waals surface area contributed by atoms with Crippen LogP contribution in [0.15, 0.2) is 29.2 Å². The first-order chi connectivity index (χ1) is 12.4. The summed E-state index contributed by atoms with van der Waals surface area (Å²) in [5, 5.41) is 2.87. The maximum atomic E-state index is 12.8. The Labute approximate surface area is 156 Å². The topological polar surface area (TPSA) is 69.7 Å². The highest BCUT2D eigenvalue weighted by Gasteiger charge is 2.28. The molecular formula is C19H29N3O3S. The molecule has 1 N–H and O–H groups in total. The van der Waals surface area contributed by atoms with Crippen molar-refractivity contribution in [2.45, 2.75) is 43.9 Å². The molecule has 1 aromatic carbocycles. The van der Waals surface area contributed by atoms with E-state index in [1.54, 1.807) is 28.6 Å². The number of carbonyl (C=O) groups excluding carboxylic acids is 1. The summed E-state index contributed by atoms with van der Waals surface area (Å²) >= 11 is 0. The highest BCUT2D eigenvalue weighted by atomic mass is 32.2. The van der Waals surface area contributed by atoms with Gasteiger partial charge in [-0.25, -0.2) is 8.42 Å². The monoisotopic (exact) mass is 379 g/mol. The van der Waals surface area contributed by atoms with Crippen LogP contribution in [0.4, 0.5) is 5.69 Å². The predicted molar refractivity (Wildman–Crippen MR) is 103 cm³/mol. The molecule has 0 saturated carbocycles. The van der Waals surface area contributed by atoms with E-state index in [-0.39, 0.29) is 5.91 Å². The largest absolute Gasteiger partial charge is 0.325 e. The lowest BCUT2D eigenvalue weighted by molar-refractivity contribution is -0.117. The second kappa shape index (κ2) is 8.50. The lowest BCUT2D eigenvalue weighted by atomic mass is 10.0. The van der Waals surface area contributed by atoms with E-state index in [2.05, 4.69) is 17.1 Å². The lowest BCUT2D eigenvalue weighted by Crippen LogP contribution is -2.39. The van der Waals surface area contributed by atoms with Crippen molar-refractivity contribution < 1.29 is 13.2 Å². The zero-order valence-corrected chi connectivity index (χ0v) is 16.3. The first kappa shape index (κ1) is 19.3. The van der Waals surface area contributed by atoms with Crippen LogP contribution in [-0.2, 0) is 14.8 Å². The molecule has 2 aliphatic heterocycles. The van der Waals surface area contributed by atoms with Crippen molar-refractivity contribution in [3.05, 3.63) is 24.3 Å². The Kier molecular flexibility index (Phi) is 6.32. The summed E-state index contributed by atoms with van der Waals surface area (Å²) in [5.74, 6) is 0.347. The minimum Gasteiger partial charge on any atom is -0.325 e. The van der Waals surface area contributed by atoms with Crippen LogP contribution in [0.5, 0.6) is 0 Å². The van der Waals surface area contributed by atoms with Gasteiger partial charge in [-0.15, -0.1) is 0 Å². The zero-order valence-electron chi connectivity index (χ0n) is 15.5. The molecule has 1 atom stereocenters. The number of likely N-dealkylation sites (tertiary alicyclic amines) is 1. The summed E-state index contributed by atoms with van der Waals surface area (Å²) in [5.41, 5.74) is 0.637. The third-order valence-corrected chi connectivity index (χ3v) is 7.09. The smallest absolute Gasteiger partial charge is 0.243 e. The molecule has 0 aliphatic carbocycles. The number of sulfonamides is 1. The maximum Gasteiger partial charge on any atom is 0.243 e. The van der Waals surface area contributed by atoms with E-state index < -0.39 is 10.0 Å². The Morgan fingerprint density at radius 2 is 1.77 bits per heavy atom. The predicted octanol–water partition coefficient (Wildman–Crippen LogP) is 2.53. The summed E-state index contributed by atoms with van der Waals surface area (Å²) in [6.07, 6.45) is 5.52. The van der Waals surface area contributed by atoms with E-state index in [1.807, 2.05) is 0 Å². The summed E-state index contributed by atoms with van der Waals surface area (Å²) in [4.78, 5) is 14.6. The van der Waals surface area contributed by atoms with Crippen molar-refractivity contribution >= 4 is 21.6 Å². The zero-order chi connectivity index (χ0) is 18.6. The molecule has 1 amide bonds. The van der Waals surface area contributed by atoms with Crippen LogP contribution in [0.3, 0.4) is 0 Å². The number of hydrogen-bond donors (Lipinski definition) is 1. The first-order valence-corrected chi connectivity index (χ1v) is 11.0. The Morgan fingerprint density at radius 1 is 1.08 bits per heavy atom. The molecule has 0 bridgehead atoms. The number of piperidine rings is 2. The maximum absolute atomic E-state index is 12.8. The number of benzene rings is 1. The summed E-state index contributed by atoms with van der Waals surface area (Å²) in [6.45, 7) is 5.59. The van der Waals surface area contributed by atoms with Gasteiger partial charge in [0.15, 0.2) is 0 Å². The number of rotatable bonds is 5. The van der Waals surface area contributed by atoms with Crippen molar-refractivity contribution in [3.8, 4) is 0 Å². The van der Waals surface area contributed by atoms with Crippen LogP contribution in [0.1, 0.15) is 39.0 Å². The Morgan fingerprint density at radius 3 is 2.42 bits per heavy atom. The Bertz CT molecular complexity index is 712. The number of nitrogens with one attached hydrogen (secondary N) is 1. The van der Waals surface area contributed by atoms with Crippen LogP contribution < -0.4 is 5.32 Å². The fourth-order valence-corrected chi connectivity index (χ4v) is 5.34. The second-order valence-corrected chi connectivity index (χ2v) is 9.46. The highest BCUT2D eigenvalue weighted by Crippen LogP contribution is 2.24. The molecule has 2 aliphatic rings. The first-order valence-electron chi connectivity index (χ1n) is 9.57. The molecule has 6 nitrogen and oxygen atoms in total. The van der Waals surface area contributed by atoms with E-state index in [9.17, 15) is 13.2 Å². The van der Waals surface area contributed by atoms with Gasteiger partial charge in [0, 0.05) is 18.8 Å². The summed E-state index contributed by atoms with van der Waals surface area (Å²) in [7, 11) is -3.45. The van der Waals surface area contributed by atoms with E-state index >= 15 is 0 Å². The van der Waals surface area contributed by atoms with Crippen molar-refractivity contribution in [2.75, 3.05) is 38.0 Å². The highest BCUT2D eigenvalue weighted by molar-refractivity contribution is 7.89. The van der Waals surface area contributed by atoms with Crippen LogP contribution in [0, 0.1) is 5.92 Å². The molecule has 26 heavy (non-hydrogen) atoms. The minimum absolute atomic E-state index is 0.0487. The van der Waals surface area contributed by atoms with Gasteiger partial charge >= 0.3 is 0 Å². The van der Waals surface area contributed by atoms with E-state index in [1.165, 1.54) is 6.42 Å². The molecule has 144 valence electrons. The number of hydrogen-bond acceptors (Lipinski definition) is 4. The van der Waals surface area contributed by atoms with Gasteiger partial charge in [-0.1, -0.05) is 13.3 Å². The second-order valence-electron chi connectivity index (χ2n) is 7.52. The molecule has 0 radical (unpaired) electrons. The number of amides is 1. The normalized spacial score (nSPS) is 22.9. The van der Waals surface area contributed by atoms with E-state index in [0.29, 0.717) is 36.1 Å². The van der Waals surface area contributed by atoms with Gasteiger partial charge in [0.2, 0.25) is 15.9 Å². The SMILES string of the molecule is C[C@H]1CCCN(S(=O)(=O)c2ccc(NC(=O)CN3CCCCC3)cc2)C1.